The predicted octanol–water partition coefficient (Wildman–Crippen LogP) is 3.72. The zero-order valence-corrected chi connectivity index (χ0v) is 20.4. The summed E-state index contributed by atoms with van der Waals surface area (Å²) in [6.45, 7) is 4.49. The molecule has 4 N–H and O–H groups in total. The van der Waals surface area contributed by atoms with E-state index in [0.29, 0.717) is 11.5 Å². The standard InChI is InChI=1S/C29H33N3O4/c1-20(33)27(29(35)31-36)30-28(34)26-13-11-24(12-14-26)23-9-7-21(8-10-23)19-32-17-15-25(16-18-32)22-5-3-2-4-6-22/h2-14,20,25,27,33,36H,15-19H2,1H3,(H,30,34)(H,31,35)/t20-,27+/m1/s1. The highest BCUT2D eigenvalue weighted by molar-refractivity contribution is 5.97. The highest BCUT2D eigenvalue weighted by Crippen LogP contribution is 2.29. The Kier molecular flexibility index (Phi) is 8.48. The van der Waals surface area contributed by atoms with Crippen molar-refractivity contribution in [3.63, 3.8) is 0 Å². The van der Waals surface area contributed by atoms with Crippen LogP contribution < -0.4 is 10.8 Å². The van der Waals surface area contributed by atoms with Crippen molar-refractivity contribution in [1.29, 1.82) is 0 Å². The number of rotatable bonds is 8. The maximum Gasteiger partial charge on any atom is 0.268 e. The minimum absolute atomic E-state index is 0.352. The zero-order valence-electron chi connectivity index (χ0n) is 20.4. The Balaban J connectivity index is 1.32. The summed E-state index contributed by atoms with van der Waals surface area (Å²) >= 11 is 0. The number of benzene rings is 3. The summed E-state index contributed by atoms with van der Waals surface area (Å²) in [6.07, 6.45) is 1.21. The van der Waals surface area contributed by atoms with Crippen molar-refractivity contribution in [2.24, 2.45) is 0 Å². The summed E-state index contributed by atoms with van der Waals surface area (Å²) in [6, 6.07) is 25.1. The number of nitrogens with one attached hydrogen (secondary N) is 2. The number of carbonyl (C=O) groups is 2. The molecule has 3 aromatic rings. The fourth-order valence-electron chi connectivity index (χ4n) is 4.72. The Morgan fingerprint density at radius 1 is 0.917 bits per heavy atom. The van der Waals surface area contributed by atoms with E-state index in [1.54, 1.807) is 12.1 Å². The van der Waals surface area contributed by atoms with E-state index >= 15 is 0 Å². The summed E-state index contributed by atoms with van der Waals surface area (Å²) in [5, 5.41) is 20.9. The summed E-state index contributed by atoms with van der Waals surface area (Å²) < 4.78 is 0. The summed E-state index contributed by atoms with van der Waals surface area (Å²) in [4.78, 5) is 26.6. The third-order valence-corrected chi connectivity index (χ3v) is 6.86. The molecule has 0 aliphatic carbocycles. The van der Waals surface area contributed by atoms with Crippen LogP contribution in [-0.2, 0) is 11.3 Å². The number of nitrogens with zero attached hydrogens (tertiary/aromatic N) is 1. The first-order valence-electron chi connectivity index (χ1n) is 12.3. The average molecular weight is 488 g/mol. The molecule has 0 radical (unpaired) electrons. The van der Waals surface area contributed by atoms with Crippen molar-refractivity contribution >= 4 is 11.8 Å². The molecule has 188 valence electrons. The van der Waals surface area contributed by atoms with Gasteiger partial charge in [0.1, 0.15) is 6.04 Å². The molecule has 1 saturated heterocycles. The van der Waals surface area contributed by atoms with Crippen LogP contribution in [0.3, 0.4) is 0 Å². The number of amides is 2. The maximum atomic E-state index is 12.5. The van der Waals surface area contributed by atoms with Gasteiger partial charge in [0.25, 0.3) is 11.8 Å². The van der Waals surface area contributed by atoms with Gasteiger partial charge in [0.05, 0.1) is 6.10 Å². The predicted molar refractivity (Wildman–Crippen MR) is 138 cm³/mol. The van der Waals surface area contributed by atoms with Crippen molar-refractivity contribution in [3.8, 4) is 11.1 Å². The van der Waals surface area contributed by atoms with Crippen molar-refractivity contribution < 1.29 is 19.9 Å². The van der Waals surface area contributed by atoms with Crippen LogP contribution in [-0.4, -0.2) is 52.3 Å². The van der Waals surface area contributed by atoms with Crippen LogP contribution in [0.4, 0.5) is 0 Å². The molecule has 1 aliphatic heterocycles. The molecular weight excluding hydrogens is 454 g/mol. The molecule has 1 fully saturated rings. The molecule has 2 amide bonds. The number of hydrogen-bond donors (Lipinski definition) is 4. The minimum Gasteiger partial charge on any atom is -0.391 e. The number of likely N-dealkylation sites (tertiary alicyclic amines) is 1. The van der Waals surface area contributed by atoms with Crippen LogP contribution in [0, 0.1) is 0 Å². The van der Waals surface area contributed by atoms with Gasteiger partial charge in [-0.1, -0.05) is 66.7 Å². The van der Waals surface area contributed by atoms with Crippen LogP contribution in [0.25, 0.3) is 11.1 Å². The van der Waals surface area contributed by atoms with Gasteiger partial charge in [0.15, 0.2) is 0 Å². The first kappa shape index (κ1) is 25.6. The largest absolute Gasteiger partial charge is 0.391 e. The van der Waals surface area contributed by atoms with Crippen molar-refractivity contribution in [2.75, 3.05) is 13.1 Å². The summed E-state index contributed by atoms with van der Waals surface area (Å²) in [7, 11) is 0. The molecule has 1 aliphatic rings. The highest BCUT2D eigenvalue weighted by Gasteiger charge is 2.26. The van der Waals surface area contributed by atoms with Gasteiger partial charge in [-0.05, 0) is 73.2 Å². The lowest BCUT2D eigenvalue weighted by atomic mass is 9.89. The number of hydrogen-bond acceptors (Lipinski definition) is 5. The molecule has 0 unspecified atom stereocenters. The van der Waals surface area contributed by atoms with E-state index in [2.05, 4.69) is 64.8 Å². The van der Waals surface area contributed by atoms with E-state index in [-0.39, 0.29) is 0 Å². The second-order valence-electron chi connectivity index (χ2n) is 9.40. The molecule has 7 heteroatoms. The fraction of sp³-hybridized carbons (Fsp3) is 0.310. The first-order chi connectivity index (χ1) is 17.4. The van der Waals surface area contributed by atoms with Crippen molar-refractivity contribution in [3.05, 3.63) is 95.6 Å². The van der Waals surface area contributed by atoms with Gasteiger partial charge in [0, 0.05) is 12.1 Å². The Morgan fingerprint density at radius 2 is 1.50 bits per heavy atom. The van der Waals surface area contributed by atoms with E-state index in [0.717, 1.165) is 30.8 Å². The van der Waals surface area contributed by atoms with Gasteiger partial charge in [-0.25, -0.2) is 5.48 Å². The topological polar surface area (TPSA) is 102 Å². The van der Waals surface area contributed by atoms with E-state index in [1.807, 2.05) is 12.1 Å². The van der Waals surface area contributed by atoms with Crippen LogP contribution in [0.2, 0.25) is 0 Å². The van der Waals surface area contributed by atoms with Crippen molar-refractivity contribution in [1.82, 2.24) is 15.7 Å². The fourth-order valence-corrected chi connectivity index (χ4v) is 4.72. The SMILES string of the molecule is C[C@@H](O)[C@H](NC(=O)c1ccc(-c2ccc(CN3CCC(c4ccccc4)CC3)cc2)cc1)C(=O)NO. The average Bonchev–Trinajstić information content (AvgIpc) is 2.92. The number of aliphatic hydroxyl groups is 1. The smallest absolute Gasteiger partial charge is 0.268 e. The van der Waals surface area contributed by atoms with Crippen LogP contribution in [0.5, 0.6) is 0 Å². The van der Waals surface area contributed by atoms with E-state index in [4.69, 9.17) is 5.21 Å². The van der Waals surface area contributed by atoms with Crippen molar-refractivity contribution in [2.45, 2.75) is 44.4 Å². The van der Waals surface area contributed by atoms with E-state index in [9.17, 15) is 14.7 Å². The number of aliphatic hydroxyl groups excluding tert-OH is 1. The van der Waals surface area contributed by atoms with Gasteiger partial charge >= 0.3 is 0 Å². The summed E-state index contributed by atoms with van der Waals surface area (Å²) in [5.41, 5.74) is 6.56. The molecule has 0 spiro atoms. The Hall–Kier alpha value is -3.52. The van der Waals surface area contributed by atoms with Gasteiger partial charge in [-0.2, -0.15) is 0 Å². The Morgan fingerprint density at radius 3 is 2.06 bits per heavy atom. The first-order valence-corrected chi connectivity index (χ1v) is 12.3. The normalized spacial score (nSPS) is 16.2. The van der Waals surface area contributed by atoms with Crippen LogP contribution in [0.1, 0.15) is 47.2 Å². The third-order valence-electron chi connectivity index (χ3n) is 6.86. The van der Waals surface area contributed by atoms with Gasteiger partial charge in [-0.15, -0.1) is 0 Å². The molecule has 3 aromatic carbocycles. The minimum atomic E-state index is -1.25. The maximum absolute atomic E-state index is 12.5. The van der Waals surface area contributed by atoms with E-state index < -0.39 is 24.0 Å². The Bertz CT molecular complexity index is 1140. The molecule has 2 atom stereocenters. The number of hydroxylamine groups is 1. The molecule has 4 rings (SSSR count). The van der Waals surface area contributed by atoms with Crippen LogP contribution in [0.15, 0.2) is 78.9 Å². The van der Waals surface area contributed by atoms with Gasteiger partial charge < -0.3 is 10.4 Å². The highest BCUT2D eigenvalue weighted by atomic mass is 16.5. The molecule has 7 nitrogen and oxygen atoms in total. The molecular formula is C29H33N3O4. The summed E-state index contributed by atoms with van der Waals surface area (Å²) in [5.74, 6) is -0.738. The molecule has 0 bridgehead atoms. The van der Waals surface area contributed by atoms with Gasteiger partial charge in [-0.3, -0.25) is 19.7 Å². The second-order valence-corrected chi connectivity index (χ2v) is 9.40. The van der Waals surface area contributed by atoms with Gasteiger partial charge in [0.2, 0.25) is 0 Å². The third kappa shape index (κ3) is 6.37. The lowest BCUT2D eigenvalue weighted by Crippen LogP contribution is -2.51. The Labute approximate surface area is 211 Å². The molecule has 1 heterocycles. The molecule has 0 saturated carbocycles. The lowest BCUT2D eigenvalue weighted by molar-refractivity contribution is -0.133. The lowest BCUT2D eigenvalue weighted by Gasteiger charge is -2.32. The number of piperidine rings is 1. The quantitative estimate of drug-likeness (QED) is 0.287. The zero-order chi connectivity index (χ0) is 25.5. The molecule has 36 heavy (non-hydrogen) atoms. The van der Waals surface area contributed by atoms with Crippen LogP contribution >= 0.6 is 0 Å². The molecule has 0 aromatic heterocycles. The van der Waals surface area contributed by atoms with E-state index in [1.165, 1.54) is 36.4 Å². The number of carbonyl (C=O) groups excluding carboxylic acids is 2. The second kappa shape index (κ2) is 11.9. The monoisotopic (exact) mass is 487 g/mol.